The SMILES string of the molecule is COC1=CC[C@@H]([C@@H](C)/C=C(C)/C=C\C#CCCC(=O)NC(C(=O)N/C=C\C[C@H](C/C=C(\C)Cl)OC(N)=O)C(C)(C)C)OC1=O. The molecule has 1 unspecified atom stereocenters. The standard InChI is InChI=1S/C33H46ClN3O7/c1-22(21-23(2)26-18-19-27(42-7)31(40)44-26)13-10-8-9-11-15-28(38)37-29(33(4,5)6)30(39)36-20-12-14-25(43-32(35)41)17-16-24(3)34/h10,12-13,16,19-21,23,25-26,29H,11,14-15,17-18H2,1-7H3,(H2,35,41)(H,36,39)(H,37,38)/b13-10-,20-12-,22-21+,24-16+/t23-,25+,26-,29?/m0/s1. The monoisotopic (exact) mass is 631 g/mol. The number of cyclic esters (lactones) is 1. The van der Waals surface area contributed by atoms with Crippen molar-refractivity contribution in [2.24, 2.45) is 17.1 Å². The zero-order valence-electron chi connectivity index (χ0n) is 26.7. The molecule has 4 N–H and O–H groups in total. The number of rotatable bonds is 14. The lowest BCUT2D eigenvalue weighted by atomic mass is 9.86. The molecule has 3 amide bonds. The number of nitrogens with one attached hydrogen (secondary N) is 2. The van der Waals surface area contributed by atoms with Crippen molar-refractivity contribution >= 4 is 35.5 Å². The van der Waals surface area contributed by atoms with Crippen LogP contribution in [-0.4, -0.2) is 49.2 Å². The predicted octanol–water partition coefficient (Wildman–Crippen LogP) is 5.30. The van der Waals surface area contributed by atoms with Crippen LogP contribution in [0.2, 0.25) is 0 Å². The summed E-state index contributed by atoms with van der Waals surface area (Å²) in [6.07, 6.45) is 12.1. The van der Waals surface area contributed by atoms with Crippen molar-refractivity contribution in [3.63, 3.8) is 0 Å². The second-order valence-electron chi connectivity index (χ2n) is 11.5. The van der Waals surface area contributed by atoms with Crippen LogP contribution in [0.15, 0.2) is 59.0 Å². The highest BCUT2D eigenvalue weighted by molar-refractivity contribution is 6.29. The Labute approximate surface area is 266 Å². The quantitative estimate of drug-likeness (QED) is 0.134. The molecule has 1 rings (SSSR count). The maximum absolute atomic E-state index is 12.9. The lowest BCUT2D eigenvalue weighted by Gasteiger charge is -2.29. The zero-order chi connectivity index (χ0) is 33.3. The fourth-order valence-corrected chi connectivity index (χ4v) is 4.19. The highest BCUT2D eigenvalue weighted by Gasteiger charge is 2.32. The van der Waals surface area contributed by atoms with Gasteiger partial charge in [0.2, 0.25) is 11.8 Å². The summed E-state index contributed by atoms with van der Waals surface area (Å²) in [4.78, 5) is 48.5. The molecule has 0 aromatic heterocycles. The summed E-state index contributed by atoms with van der Waals surface area (Å²) in [5.74, 6) is 4.98. The van der Waals surface area contributed by atoms with Gasteiger partial charge in [-0.05, 0) is 37.6 Å². The summed E-state index contributed by atoms with van der Waals surface area (Å²) < 4.78 is 15.5. The van der Waals surface area contributed by atoms with Crippen molar-refractivity contribution < 1.29 is 33.4 Å². The van der Waals surface area contributed by atoms with Crippen LogP contribution in [0, 0.1) is 23.2 Å². The molecule has 11 heteroatoms. The van der Waals surface area contributed by atoms with Crippen LogP contribution < -0.4 is 16.4 Å². The minimum atomic E-state index is -0.897. The van der Waals surface area contributed by atoms with Gasteiger partial charge in [-0.2, -0.15) is 0 Å². The maximum atomic E-state index is 12.9. The Morgan fingerprint density at radius 1 is 1.25 bits per heavy atom. The molecule has 242 valence electrons. The summed E-state index contributed by atoms with van der Waals surface area (Å²) in [6, 6.07) is -0.790. The molecule has 1 aliphatic rings. The van der Waals surface area contributed by atoms with Gasteiger partial charge < -0.3 is 30.6 Å². The molecule has 10 nitrogen and oxygen atoms in total. The van der Waals surface area contributed by atoms with E-state index in [0.717, 1.165) is 5.57 Å². The van der Waals surface area contributed by atoms with Crippen molar-refractivity contribution in [1.82, 2.24) is 10.6 Å². The van der Waals surface area contributed by atoms with Crippen molar-refractivity contribution in [2.75, 3.05) is 7.11 Å². The van der Waals surface area contributed by atoms with Gasteiger partial charge in [-0.15, -0.1) is 0 Å². The minimum Gasteiger partial charge on any atom is -0.490 e. The number of carbonyl (C=O) groups excluding carboxylic acids is 4. The van der Waals surface area contributed by atoms with Gasteiger partial charge in [0.15, 0.2) is 5.76 Å². The number of esters is 1. The Bertz CT molecular complexity index is 1230. The van der Waals surface area contributed by atoms with Gasteiger partial charge in [0.05, 0.1) is 7.11 Å². The molecule has 0 spiro atoms. The van der Waals surface area contributed by atoms with E-state index in [1.807, 2.05) is 46.8 Å². The van der Waals surface area contributed by atoms with E-state index >= 15 is 0 Å². The molecule has 0 radical (unpaired) electrons. The van der Waals surface area contributed by atoms with Crippen LogP contribution in [0.3, 0.4) is 0 Å². The molecule has 1 heterocycles. The predicted molar refractivity (Wildman–Crippen MR) is 171 cm³/mol. The first-order valence-corrected chi connectivity index (χ1v) is 14.8. The van der Waals surface area contributed by atoms with Crippen molar-refractivity contribution in [1.29, 1.82) is 0 Å². The number of hydrogen-bond donors (Lipinski definition) is 3. The van der Waals surface area contributed by atoms with E-state index in [1.54, 1.807) is 31.2 Å². The maximum Gasteiger partial charge on any atom is 0.404 e. The molecule has 44 heavy (non-hydrogen) atoms. The van der Waals surface area contributed by atoms with Gasteiger partial charge in [-0.3, -0.25) is 9.59 Å². The molecule has 0 bridgehead atoms. The number of primary amides is 1. The third kappa shape index (κ3) is 15.5. The van der Waals surface area contributed by atoms with Gasteiger partial charge in [0, 0.05) is 43.1 Å². The summed E-state index contributed by atoms with van der Waals surface area (Å²) in [5, 5.41) is 6.04. The number of methoxy groups -OCH3 is 1. The van der Waals surface area contributed by atoms with Crippen LogP contribution >= 0.6 is 11.6 Å². The Morgan fingerprint density at radius 2 is 1.95 bits per heavy atom. The highest BCUT2D eigenvalue weighted by atomic mass is 35.5. The van der Waals surface area contributed by atoms with Crippen LogP contribution in [0.1, 0.15) is 73.6 Å². The first kappa shape index (κ1) is 38.1. The van der Waals surface area contributed by atoms with Crippen molar-refractivity contribution in [3.8, 4) is 11.8 Å². The second-order valence-corrected chi connectivity index (χ2v) is 12.1. The number of allylic oxidation sites excluding steroid dienone is 4. The van der Waals surface area contributed by atoms with Crippen LogP contribution in [-0.2, 0) is 28.6 Å². The van der Waals surface area contributed by atoms with E-state index in [9.17, 15) is 19.2 Å². The lowest BCUT2D eigenvalue weighted by Crippen LogP contribution is -2.52. The Hall–Kier alpha value is -3.97. The molecule has 0 saturated heterocycles. The summed E-state index contributed by atoms with van der Waals surface area (Å²) in [6.45, 7) is 11.2. The second kappa shape index (κ2) is 19.3. The molecule has 0 aromatic rings. The van der Waals surface area contributed by atoms with E-state index < -0.39 is 29.6 Å². The van der Waals surface area contributed by atoms with Gasteiger partial charge >= 0.3 is 12.1 Å². The normalized spacial score (nSPS) is 18.0. The molecule has 4 atom stereocenters. The third-order valence-corrected chi connectivity index (χ3v) is 6.61. The van der Waals surface area contributed by atoms with Gasteiger partial charge in [-0.1, -0.05) is 81.0 Å². The Kier molecular flexibility index (Phi) is 16.7. The molecular weight excluding hydrogens is 586 g/mol. The zero-order valence-corrected chi connectivity index (χ0v) is 27.5. The average molecular weight is 632 g/mol. The summed E-state index contributed by atoms with van der Waals surface area (Å²) in [5.41, 5.74) is 5.54. The summed E-state index contributed by atoms with van der Waals surface area (Å²) >= 11 is 5.84. The number of ether oxygens (including phenoxy) is 3. The van der Waals surface area contributed by atoms with Crippen molar-refractivity contribution in [3.05, 3.63) is 59.0 Å². The van der Waals surface area contributed by atoms with E-state index in [4.69, 9.17) is 31.5 Å². The number of halogens is 1. The van der Waals surface area contributed by atoms with E-state index in [0.29, 0.717) is 30.7 Å². The van der Waals surface area contributed by atoms with E-state index in [-0.39, 0.29) is 36.0 Å². The number of nitrogens with two attached hydrogens (primary N) is 1. The fourth-order valence-electron chi connectivity index (χ4n) is 4.10. The van der Waals surface area contributed by atoms with E-state index in [2.05, 4.69) is 22.5 Å². The van der Waals surface area contributed by atoms with Crippen LogP contribution in [0.4, 0.5) is 4.79 Å². The molecule has 0 saturated carbocycles. The lowest BCUT2D eigenvalue weighted by molar-refractivity contribution is -0.151. The molecular formula is C33H46ClN3O7. The van der Waals surface area contributed by atoms with Gasteiger partial charge in [-0.25, -0.2) is 9.59 Å². The fraction of sp³-hybridized carbons (Fsp3) is 0.515. The van der Waals surface area contributed by atoms with Crippen LogP contribution in [0.5, 0.6) is 0 Å². The topological polar surface area (TPSA) is 146 Å². The third-order valence-electron chi connectivity index (χ3n) is 6.46. The molecule has 0 aromatic carbocycles. The van der Waals surface area contributed by atoms with E-state index in [1.165, 1.54) is 13.3 Å². The van der Waals surface area contributed by atoms with Crippen molar-refractivity contribution in [2.45, 2.75) is 91.9 Å². The average Bonchev–Trinajstić information content (AvgIpc) is 2.93. The first-order chi connectivity index (χ1) is 20.6. The minimum absolute atomic E-state index is 0.00830. The number of hydrogen-bond acceptors (Lipinski definition) is 7. The Balaban J connectivity index is 2.60. The van der Waals surface area contributed by atoms with Crippen LogP contribution in [0.25, 0.3) is 0 Å². The molecule has 0 aliphatic carbocycles. The first-order valence-electron chi connectivity index (χ1n) is 14.5. The number of carbonyl (C=O) groups is 4. The highest BCUT2D eigenvalue weighted by Crippen LogP contribution is 2.23. The molecule has 0 fully saturated rings. The number of amides is 3. The smallest absolute Gasteiger partial charge is 0.404 e. The van der Waals surface area contributed by atoms with Gasteiger partial charge in [0.25, 0.3) is 0 Å². The Morgan fingerprint density at radius 3 is 2.55 bits per heavy atom. The largest absolute Gasteiger partial charge is 0.490 e. The molecule has 1 aliphatic heterocycles. The summed E-state index contributed by atoms with van der Waals surface area (Å²) in [7, 11) is 1.44. The van der Waals surface area contributed by atoms with Gasteiger partial charge in [0.1, 0.15) is 18.2 Å².